The first-order valence-corrected chi connectivity index (χ1v) is 5.11. The molecule has 0 aliphatic carbocycles. The minimum atomic E-state index is 0.183. The molecule has 2 rings (SSSR count). The lowest BCUT2D eigenvalue weighted by Gasteiger charge is -2.14. The summed E-state index contributed by atoms with van der Waals surface area (Å²) in [5, 5.41) is 13.3. The van der Waals surface area contributed by atoms with Crippen molar-refractivity contribution < 1.29 is 5.11 Å². The Morgan fingerprint density at radius 1 is 1.31 bits per heavy atom. The standard InChI is InChI=1S/C11H14N4O/c12-5-10(6-15-8-13-7-14-15)9-1-3-11(16)4-2-9/h1-4,7-8,10,16H,5-6,12H2. The van der Waals surface area contributed by atoms with Crippen LogP contribution in [0.3, 0.4) is 0 Å². The number of phenols is 1. The molecular weight excluding hydrogens is 204 g/mol. The van der Waals surface area contributed by atoms with Crippen molar-refractivity contribution in [3.8, 4) is 5.75 Å². The summed E-state index contributed by atoms with van der Waals surface area (Å²) in [5.74, 6) is 0.447. The van der Waals surface area contributed by atoms with Gasteiger partial charge in [0.05, 0.1) is 6.54 Å². The molecule has 84 valence electrons. The van der Waals surface area contributed by atoms with Gasteiger partial charge in [-0.05, 0) is 17.7 Å². The molecule has 16 heavy (non-hydrogen) atoms. The van der Waals surface area contributed by atoms with E-state index in [1.54, 1.807) is 23.1 Å². The van der Waals surface area contributed by atoms with Gasteiger partial charge in [-0.3, -0.25) is 4.68 Å². The summed E-state index contributed by atoms with van der Waals surface area (Å²) >= 11 is 0. The van der Waals surface area contributed by atoms with Crippen molar-refractivity contribution in [2.24, 2.45) is 5.73 Å². The molecule has 2 aromatic rings. The third kappa shape index (κ3) is 2.38. The van der Waals surface area contributed by atoms with Crippen LogP contribution in [0, 0.1) is 0 Å². The maximum absolute atomic E-state index is 9.21. The van der Waals surface area contributed by atoms with Crippen LogP contribution in [-0.2, 0) is 6.54 Å². The van der Waals surface area contributed by atoms with Gasteiger partial charge in [-0.1, -0.05) is 12.1 Å². The van der Waals surface area contributed by atoms with Crippen LogP contribution in [0.5, 0.6) is 5.75 Å². The van der Waals surface area contributed by atoms with Crippen LogP contribution in [0.2, 0.25) is 0 Å². The fraction of sp³-hybridized carbons (Fsp3) is 0.273. The number of phenolic OH excluding ortho intramolecular Hbond substituents is 1. The van der Waals surface area contributed by atoms with E-state index in [9.17, 15) is 5.11 Å². The van der Waals surface area contributed by atoms with E-state index in [1.807, 2.05) is 12.1 Å². The zero-order chi connectivity index (χ0) is 11.4. The quantitative estimate of drug-likeness (QED) is 0.793. The van der Waals surface area contributed by atoms with Crippen molar-refractivity contribution in [1.29, 1.82) is 0 Å². The molecule has 5 heteroatoms. The first-order valence-electron chi connectivity index (χ1n) is 5.11. The van der Waals surface area contributed by atoms with E-state index < -0.39 is 0 Å². The first kappa shape index (κ1) is 10.6. The van der Waals surface area contributed by atoms with Gasteiger partial charge in [0.15, 0.2) is 0 Å². The van der Waals surface area contributed by atoms with E-state index in [1.165, 1.54) is 6.33 Å². The molecule has 1 heterocycles. The Balaban J connectivity index is 2.13. The summed E-state index contributed by atoms with van der Waals surface area (Å²) in [6.45, 7) is 1.23. The van der Waals surface area contributed by atoms with Crippen molar-refractivity contribution in [3.05, 3.63) is 42.5 Å². The van der Waals surface area contributed by atoms with E-state index in [4.69, 9.17) is 5.73 Å². The van der Waals surface area contributed by atoms with E-state index in [-0.39, 0.29) is 11.7 Å². The second-order valence-corrected chi connectivity index (χ2v) is 3.64. The molecule has 5 nitrogen and oxygen atoms in total. The van der Waals surface area contributed by atoms with Gasteiger partial charge in [0, 0.05) is 12.5 Å². The second-order valence-electron chi connectivity index (χ2n) is 3.64. The van der Waals surface area contributed by atoms with E-state index in [0.29, 0.717) is 13.1 Å². The second kappa shape index (κ2) is 4.76. The zero-order valence-corrected chi connectivity index (χ0v) is 8.82. The van der Waals surface area contributed by atoms with Crippen LogP contribution in [-0.4, -0.2) is 26.4 Å². The molecular formula is C11H14N4O. The van der Waals surface area contributed by atoms with Gasteiger partial charge in [-0.15, -0.1) is 0 Å². The Morgan fingerprint density at radius 3 is 2.62 bits per heavy atom. The van der Waals surface area contributed by atoms with Gasteiger partial charge >= 0.3 is 0 Å². The molecule has 0 aliphatic heterocycles. The predicted molar refractivity (Wildman–Crippen MR) is 59.9 cm³/mol. The minimum absolute atomic E-state index is 0.183. The molecule has 0 amide bonds. The fourth-order valence-electron chi connectivity index (χ4n) is 1.62. The molecule has 0 saturated carbocycles. The van der Waals surface area contributed by atoms with Crippen LogP contribution < -0.4 is 5.73 Å². The van der Waals surface area contributed by atoms with Gasteiger partial charge in [-0.25, -0.2) is 4.98 Å². The van der Waals surface area contributed by atoms with Gasteiger partial charge in [0.25, 0.3) is 0 Å². The fourth-order valence-corrected chi connectivity index (χ4v) is 1.62. The lowest BCUT2D eigenvalue weighted by atomic mass is 9.99. The molecule has 1 aromatic carbocycles. The average molecular weight is 218 g/mol. The lowest BCUT2D eigenvalue weighted by Crippen LogP contribution is -2.18. The number of rotatable bonds is 4. The predicted octanol–water partition coefficient (Wildman–Crippen LogP) is 0.726. The maximum Gasteiger partial charge on any atom is 0.137 e. The largest absolute Gasteiger partial charge is 0.508 e. The molecule has 0 spiro atoms. The van der Waals surface area contributed by atoms with Crippen molar-refractivity contribution in [3.63, 3.8) is 0 Å². The van der Waals surface area contributed by atoms with E-state index in [2.05, 4.69) is 10.1 Å². The summed E-state index contributed by atoms with van der Waals surface area (Å²) in [4.78, 5) is 3.89. The Morgan fingerprint density at radius 2 is 2.06 bits per heavy atom. The highest BCUT2D eigenvalue weighted by Gasteiger charge is 2.10. The van der Waals surface area contributed by atoms with Crippen LogP contribution in [0.1, 0.15) is 11.5 Å². The topological polar surface area (TPSA) is 77.0 Å². The van der Waals surface area contributed by atoms with E-state index >= 15 is 0 Å². The molecule has 0 radical (unpaired) electrons. The van der Waals surface area contributed by atoms with Crippen LogP contribution in [0.15, 0.2) is 36.9 Å². The average Bonchev–Trinajstić information content (AvgIpc) is 2.80. The third-order valence-electron chi connectivity index (χ3n) is 2.52. The number of hydrogen-bond acceptors (Lipinski definition) is 4. The zero-order valence-electron chi connectivity index (χ0n) is 8.82. The van der Waals surface area contributed by atoms with Crippen molar-refractivity contribution in [1.82, 2.24) is 14.8 Å². The molecule has 0 saturated heterocycles. The number of nitrogens with zero attached hydrogens (tertiary/aromatic N) is 3. The van der Waals surface area contributed by atoms with E-state index in [0.717, 1.165) is 5.56 Å². The molecule has 3 N–H and O–H groups in total. The van der Waals surface area contributed by atoms with Gasteiger partial charge < -0.3 is 10.8 Å². The van der Waals surface area contributed by atoms with Crippen LogP contribution >= 0.6 is 0 Å². The summed E-state index contributed by atoms with van der Waals surface area (Å²) in [6, 6.07) is 7.09. The van der Waals surface area contributed by atoms with Crippen molar-refractivity contribution in [2.75, 3.05) is 6.54 Å². The van der Waals surface area contributed by atoms with Gasteiger partial charge in [0.1, 0.15) is 18.4 Å². The molecule has 1 aromatic heterocycles. The summed E-state index contributed by atoms with van der Waals surface area (Å²) in [7, 11) is 0. The number of aromatic nitrogens is 3. The summed E-state index contributed by atoms with van der Waals surface area (Å²) in [6.07, 6.45) is 3.17. The van der Waals surface area contributed by atoms with Gasteiger partial charge in [-0.2, -0.15) is 5.10 Å². The highest BCUT2D eigenvalue weighted by molar-refractivity contribution is 5.28. The monoisotopic (exact) mass is 218 g/mol. The Bertz CT molecular complexity index is 424. The Kier molecular flexibility index (Phi) is 3.16. The highest BCUT2D eigenvalue weighted by atomic mass is 16.3. The SMILES string of the molecule is NCC(Cn1cncn1)c1ccc(O)cc1. The highest BCUT2D eigenvalue weighted by Crippen LogP contribution is 2.19. The van der Waals surface area contributed by atoms with Crippen molar-refractivity contribution in [2.45, 2.75) is 12.5 Å². The molecule has 1 atom stereocenters. The Hall–Kier alpha value is -1.88. The molecule has 0 fully saturated rings. The van der Waals surface area contributed by atoms with Crippen LogP contribution in [0.4, 0.5) is 0 Å². The smallest absolute Gasteiger partial charge is 0.137 e. The summed E-state index contributed by atoms with van der Waals surface area (Å²) < 4.78 is 1.75. The minimum Gasteiger partial charge on any atom is -0.508 e. The lowest BCUT2D eigenvalue weighted by molar-refractivity contribution is 0.473. The number of hydrogen-bond donors (Lipinski definition) is 2. The molecule has 0 aliphatic rings. The van der Waals surface area contributed by atoms with Crippen LogP contribution in [0.25, 0.3) is 0 Å². The first-order chi connectivity index (χ1) is 7.79. The maximum atomic E-state index is 9.21. The molecule has 0 bridgehead atoms. The Labute approximate surface area is 93.5 Å². The number of aromatic hydroxyl groups is 1. The third-order valence-corrected chi connectivity index (χ3v) is 2.52. The van der Waals surface area contributed by atoms with Gasteiger partial charge in [0.2, 0.25) is 0 Å². The molecule has 1 unspecified atom stereocenters. The summed E-state index contributed by atoms with van der Waals surface area (Å²) in [5.41, 5.74) is 6.83. The number of benzene rings is 1. The number of nitrogens with two attached hydrogens (primary N) is 1. The normalized spacial score (nSPS) is 12.6. The van der Waals surface area contributed by atoms with Crippen molar-refractivity contribution >= 4 is 0 Å².